The van der Waals surface area contributed by atoms with Crippen molar-refractivity contribution >= 4 is 17.4 Å². The summed E-state index contributed by atoms with van der Waals surface area (Å²) in [5, 5.41) is 9.28. The Hall–Kier alpha value is -1.48. The molecule has 0 saturated heterocycles. The van der Waals surface area contributed by atoms with Crippen LogP contribution >= 0.6 is 11.6 Å². The molecule has 0 amide bonds. The minimum Gasteiger partial charge on any atom is -0.370 e. The second kappa shape index (κ2) is 6.33. The number of nitrogens with one attached hydrogen (secondary N) is 1. The van der Waals surface area contributed by atoms with Crippen molar-refractivity contribution in [3.63, 3.8) is 0 Å². The maximum Gasteiger partial charge on any atom is 0.133 e. The molecule has 1 N–H and O–H groups in total. The lowest BCUT2D eigenvalue weighted by Crippen LogP contribution is -2.07. The SMILES string of the molecule is Cc1ccc(-n2nc(CC(C)C)c3c2NCCCC3)cc1Cl. The zero-order valence-corrected chi connectivity index (χ0v) is 14.4. The molecule has 22 heavy (non-hydrogen) atoms. The highest BCUT2D eigenvalue weighted by molar-refractivity contribution is 6.31. The molecule has 1 aliphatic rings. The number of rotatable bonds is 3. The molecule has 0 saturated carbocycles. The van der Waals surface area contributed by atoms with Gasteiger partial charge in [-0.3, -0.25) is 0 Å². The van der Waals surface area contributed by atoms with Crippen LogP contribution in [0.4, 0.5) is 5.82 Å². The summed E-state index contributed by atoms with van der Waals surface area (Å²) in [6.45, 7) is 7.54. The smallest absolute Gasteiger partial charge is 0.133 e. The predicted octanol–water partition coefficient (Wildman–Crippen LogP) is 4.78. The van der Waals surface area contributed by atoms with Gasteiger partial charge in [0.1, 0.15) is 5.82 Å². The van der Waals surface area contributed by atoms with Crippen LogP contribution in [0.2, 0.25) is 5.02 Å². The lowest BCUT2D eigenvalue weighted by Gasteiger charge is -2.10. The fourth-order valence-electron chi connectivity index (χ4n) is 3.02. The van der Waals surface area contributed by atoms with Gasteiger partial charge >= 0.3 is 0 Å². The summed E-state index contributed by atoms with van der Waals surface area (Å²) in [6, 6.07) is 6.17. The van der Waals surface area contributed by atoms with Crippen molar-refractivity contribution in [2.45, 2.75) is 46.5 Å². The van der Waals surface area contributed by atoms with Crippen LogP contribution in [0.1, 0.15) is 43.5 Å². The first kappa shape index (κ1) is 15.4. The fraction of sp³-hybridized carbons (Fsp3) is 0.500. The summed E-state index contributed by atoms with van der Waals surface area (Å²) in [6.07, 6.45) is 4.58. The molecular weight excluding hydrogens is 294 g/mol. The fourth-order valence-corrected chi connectivity index (χ4v) is 3.20. The van der Waals surface area contributed by atoms with Gasteiger partial charge < -0.3 is 5.32 Å². The van der Waals surface area contributed by atoms with E-state index in [9.17, 15) is 0 Å². The van der Waals surface area contributed by atoms with Gasteiger partial charge in [0, 0.05) is 17.1 Å². The number of aromatic nitrogens is 2. The van der Waals surface area contributed by atoms with Crippen LogP contribution in [0, 0.1) is 12.8 Å². The molecular formula is C18H24ClN3. The monoisotopic (exact) mass is 317 g/mol. The van der Waals surface area contributed by atoms with E-state index in [1.807, 2.05) is 17.7 Å². The number of anilines is 1. The summed E-state index contributed by atoms with van der Waals surface area (Å²) < 4.78 is 2.05. The third-order valence-electron chi connectivity index (χ3n) is 4.21. The highest BCUT2D eigenvalue weighted by Crippen LogP contribution is 2.30. The highest BCUT2D eigenvalue weighted by atomic mass is 35.5. The van der Waals surface area contributed by atoms with Gasteiger partial charge in [0.2, 0.25) is 0 Å². The minimum absolute atomic E-state index is 0.609. The summed E-state index contributed by atoms with van der Waals surface area (Å²) in [4.78, 5) is 0. The lowest BCUT2D eigenvalue weighted by molar-refractivity contribution is 0.622. The van der Waals surface area contributed by atoms with Crippen LogP contribution in [0.5, 0.6) is 0 Å². The van der Waals surface area contributed by atoms with Gasteiger partial charge in [-0.15, -0.1) is 0 Å². The van der Waals surface area contributed by atoms with Crippen molar-refractivity contribution in [2.24, 2.45) is 5.92 Å². The Balaban J connectivity index is 2.10. The standard InChI is InChI=1S/C18H24ClN3/c1-12(2)10-17-15-6-4-5-9-20-18(15)22(21-17)14-8-7-13(3)16(19)11-14/h7-8,11-12,20H,4-6,9-10H2,1-3H3. The van der Waals surface area contributed by atoms with E-state index < -0.39 is 0 Å². The number of fused-ring (bicyclic) bond motifs is 1. The van der Waals surface area contributed by atoms with E-state index in [1.54, 1.807) is 0 Å². The van der Waals surface area contributed by atoms with Crippen LogP contribution < -0.4 is 5.32 Å². The van der Waals surface area contributed by atoms with Gasteiger partial charge in [-0.25, -0.2) is 4.68 Å². The van der Waals surface area contributed by atoms with Crippen molar-refractivity contribution < 1.29 is 0 Å². The normalized spacial score (nSPS) is 14.6. The Kier molecular flexibility index (Phi) is 4.44. The quantitative estimate of drug-likeness (QED) is 0.882. The third kappa shape index (κ3) is 3.00. The molecule has 3 nitrogen and oxygen atoms in total. The van der Waals surface area contributed by atoms with Crippen LogP contribution in [-0.2, 0) is 12.8 Å². The summed E-state index contributed by atoms with van der Waals surface area (Å²) in [5.41, 5.74) is 4.76. The van der Waals surface area contributed by atoms with Crippen LogP contribution in [0.15, 0.2) is 18.2 Å². The van der Waals surface area contributed by atoms with E-state index in [-0.39, 0.29) is 0 Å². The first-order chi connectivity index (χ1) is 10.6. The molecule has 0 bridgehead atoms. The Labute approximate surface area is 137 Å². The van der Waals surface area contributed by atoms with Gasteiger partial charge in [-0.2, -0.15) is 5.10 Å². The van der Waals surface area contributed by atoms with E-state index in [1.165, 1.54) is 24.1 Å². The topological polar surface area (TPSA) is 29.9 Å². The van der Waals surface area contributed by atoms with Crippen LogP contribution in [0.3, 0.4) is 0 Å². The average molecular weight is 318 g/mol. The number of benzene rings is 1. The molecule has 4 heteroatoms. The number of aryl methyl sites for hydroxylation is 1. The van der Waals surface area contributed by atoms with Crippen LogP contribution in [-0.4, -0.2) is 16.3 Å². The molecule has 0 atom stereocenters. The molecule has 0 radical (unpaired) electrons. The van der Waals surface area contributed by atoms with Crippen molar-refractivity contribution in [3.8, 4) is 5.69 Å². The Morgan fingerprint density at radius 1 is 1.32 bits per heavy atom. The highest BCUT2D eigenvalue weighted by Gasteiger charge is 2.21. The van der Waals surface area contributed by atoms with E-state index in [0.717, 1.165) is 41.5 Å². The van der Waals surface area contributed by atoms with E-state index in [4.69, 9.17) is 16.7 Å². The van der Waals surface area contributed by atoms with Gasteiger partial charge in [0.25, 0.3) is 0 Å². The molecule has 1 aromatic carbocycles. The lowest BCUT2D eigenvalue weighted by atomic mass is 10.0. The Morgan fingerprint density at radius 2 is 2.14 bits per heavy atom. The van der Waals surface area contributed by atoms with E-state index >= 15 is 0 Å². The first-order valence-electron chi connectivity index (χ1n) is 8.17. The summed E-state index contributed by atoms with van der Waals surface area (Å²) >= 11 is 6.31. The number of nitrogens with zero attached hydrogens (tertiary/aromatic N) is 2. The summed E-state index contributed by atoms with van der Waals surface area (Å²) in [5.74, 6) is 1.77. The van der Waals surface area contributed by atoms with E-state index in [2.05, 4.69) is 31.3 Å². The molecule has 3 rings (SSSR count). The van der Waals surface area contributed by atoms with Crippen molar-refractivity contribution in [1.82, 2.24) is 9.78 Å². The maximum absolute atomic E-state index is 6.31. The zero-order valence-electron chi connectivity index (χ0n) is 13.6. The molecule has 118 valence electrons. The van der Waals surface area contributed by atoms with Crippen LogP contribution in [0.25, 0.3) is 5.69 Å². The molecule has 0 unspecified atom stereocenters. The summed E-state index contributed by atoms with van der Waals surface area (Å²) in [7, 11) is 0. The third-order valence-corrected chi connectivity index (χ3v) is 4.62. The second-order valence-electron chi connectivity index (χ2n) is 6.60. The Bertz CT molecular complexity index is 673. The predicted molar refractivity (Wildman–Crippen MR) is 93.3 cm³/mol. The molecule has 2 heterocycles. The minimum atomic E-state index is 0.609. The van der Waals surface area contributed by atoms with Crippen molar-refractivity contribution in [2.75, 3.05) is 11.9 Å². The molecule has 0 spiro atoms. The van der Waals surface area contributed by atoms with Gasteiger partial charge in [0.05, 0.1) is 11.4 Å². The number of halogens is 1. The van der Waals surface area contributed by atoms with Gasteiger partial charge in [0.15, 0.2) is 0 Å². The number of hydrogen-bond acceptors (Lipinski definition) is 2. The molecule has 2 aromatic rings. The van der Waals surface area contributed by atoms with E-state index in [0.29, 0.717) is 5.92 Å². The van der Waals surface area contributed by atoms with Gasteiger partial charge in [-0.1, -0.05) is 31.5 Å². The maximum atomic E-state index is 6.31. The molecule has 0 fully saturated rings. The average Bonchev–Trinajstić information content (AvgIpc) is 2.66. The number of hydrogen-bond donors (Lipinski definition) is 1. The second-order valence-corrected chi connectivity index (χ2v) is 7.01. The van der Waals surface area contributed by atoms with Gasteiger partial charge in [-0.05, 0) is 56.2 Å². The first-order valence-corrected chi connectivity index (χ1v) is 8.55. The zero-order chi connectivity index (χ0) is 15.7. The largest absolute Gasteiger partial charge is 0.370 e. The molecule has 0 aliphatic carbocycles. The molecule has 1 aliphatic heterocycles. The molecule has 1 aromatic heterocycles. The Morgan fingerprint density at radius 3 is 2.86 bits per heavy atom. The van der Waals surface area contributed by atoms with Crippen molar-refractivity contribution in [3.05, 3.63) is 40.0 Å². The van der Waals surface area contributed by atoms with Crippen molar-refractivity contribution in [1.29, 1.82) is 0 Å².